The van der Waals surface area contributed by atoms with E-state index in [1.807, 2.05) is 18.2 Å². The van der Waals surface area contributed by atoms with Crippen LogP contribution in [0.25, 0.3) is 0 Å². The van der Waals surface area contributed by atoms with Crippen molar-refractivity contribution >= 4 is 23.4 Å². The van der Waals surface area contributed by atoms with Gasteiger partial charge < -0.3 is 15.3 Å². The van der Waals surface area contributed by atoms with Gasteiger partial charge in [0.15, 0.2) is 5.60 Å². The fourth-order valence-electron chi connectivity index (χ4n) is 4.85. The Bertz CT molecular complexity index is 996. The Morgan fingerprint density at radius 3 is 2.94 bits per heavy atom. The van der Waals surface area contributed by atoms with Gasteiger partial charge in [-0.1, -0.05) is 24.6 Å². The maximum absolute atomic E-state index is 13.5. The van der Waals surface area contributed by atoms with Crippen LogP contribution >= 0.6 is 11.6 Å². The van der Waals surface area contributed by atoms with E-state index < -0.39 is 11.6 Å². The SMILES string of the molecule is CCc1ccc(Cl)cc1CNC(=O)[C@@H]1CCCN1C(=O)C1(O)CCCc2cnccc21. The van der Waals surface area contributed by atoms with Gasteiger partial charge >= 0.3 is 0 Å². The molecule has 2 aromatic rings. The first kappa shape index (κ1) is 21.8. The van der Waals surface area contributed by atoms with Crippen molar-refractivity contribution in [1.29, 1.82) is 0 Å². The average molecular weight is 442 g/mol. The van der Waals surface area contributed by atoms with Crippen LogP contribution in [-0.4, -0.2) is 39.4 Å². The zero-order valence-electron chi connectivity index (χ0n) is 17.7. The van der Waals surface area contributed by atoms with E-state index in [1.54, 1.807) is 23.4 Å². The number of hydrogen-bond donors (Lipinski definition) is 2. The average Bonchev–Trinajstić information content (AvgIpc) is 3.27. The first-order chi connectivity index (χ1) is 14.9. The summed E-state index contributed by atoms with van der Waals surface area (Å²) < 4.78 is 0. The lowest BCUT2D eigenvalue weighted by molar-refractivity contribution is -0.157. The van der Waals surface area contributed by atoms with E-state index in [-0.39, 0.29) is 11.8 Å². The molecule has 2 N–H and O–H groups in total. The summed E-state index contributed by atoms with van der Waals surface area (Å²) >= 11 is 6.13. The van der Waals surface area contributed by atoms with Crippen LogP contribution in [0.2, 0.25) is 5.02 Å². The van der Waals surface area contributed by atoms with E-state index in [0.29, 0.717) is 42.9 Å². The summed E-state index contributed by atoms with van der Waals surface area (Å²) in [6.45, 7) is 2.89. The number of likely N-dealkylation sites (tertiary alicyclic amines) is 1. The van der Waals surface area contributed by atoms with Crippen LogP contribution < -0.4 is 5.32 Å². The van der Waals surface area contributed by atoms with Crippen molar-refractivity contribution in [2.45, 2.75) is 63.6 Å². The van der Waals surface area contributed by atoms with Crippen LogP contribution in [0.1, 0.15) is 54.9 Å². The van der Waals surface area contributed by atoms with Gasteiger partial charge in [-0.2, -0.15) is 0 Å². The normalized spacial score (nSPS) is 22.8. The number of aryl methyl sites for hydroxylation is 2. The Balaban J connectivity index is 1.50. The van der Waals surface area contributed by atoms with Crippen molar-refractivity contribution in [1.82, 2.24) is 15.2 Å². The lowest BCUT2D eigenvalue weighted by Crippen LogP contribution is -2.53. The van der Waals surface area contributed by atoms with Crippen molar-refractivity contribution in [2.75, 3.05) is 6.54 Å². The van der Waals surface area contributed by atoms with Gasteiger partial charge in [0.2, 0.25) is 5.91 Å². The molecule has 1 fully saturated rings. The lowest BCUT2D eigenvalue weighted by Gasteiger charge is -2.37. The first-order valence-electron chi connectivity index (χ1n) is 11.0. The number of nitrogens with zero attached hydrogens (tertiary/aromatic N) is 2. The van der Waals surface area contributed by atoms with Gasteiger partial charge in [0, 0.05) is 30.5 Å². The minimum absolute atomic E-state index is 0.192. The van der Waals surface area contributed by atoms with E-state index in [1.165, 1.54) is 0 Å². The highest BCUT2D eigenvalue weighted by molar-refractivity contribution is 6.30. The summed E-state index contributed by atoms with van der Waals surface area (Å²) in [4.78, 5) is 32.2. The molecule has 0 spiro atoms. The Kier molecular flexibility index (Phi) is 6.30. The predicted molar refractivity (Wildman–Crippen MR) is 118 cm³/mol. The zero-order valence-corrected chi connectivity index (χ0v) is 18.5. The molecule has 164 valence electrons. The number of aromatic nitrogens is 1. The highest BCUT2D eigenvalue weighted by Crippen LogP contribution is 2.38. The van der Waals surface area contributed by atoms with E-state index >= 15 is 0 Å². The van der Waals surface area contributed by atoms with Crippen LogP contribution in [0.5, 0.6) is 0 Å². The molecule has 1 saturated heterocycles. The monoisotopic (exact) mass is 441 g/mol. The molecule has 1 aromatic heterocycles. The van der Waals surface area contributed by atoms with Crippen molar-refractivity contribution < 1.29 is 14.7 Å². The predicted octanol–water partition coefficient (Wildman–Crippen LogP) is 3.13. The number of pyridine rings is 1. The van der Waals surface area contributed by atoms with Gasteiger partial charge in [-0.3, -0.25) is 14.6 Å². The van der Waals surface area contributed by atoms with Gasteiger partial charge in [-0.05, 0) is 79.0 Å². The number of rotatable bonds is 5. The maximum Gasteiger partial charge on any atom is 0.259 e. The number of hydrogen-bond acceptors (Lipinski definition) is 4. The quantitative estimate of drug-likeness (QED) is 0.746. The van der Waals surface area contributed by atoms with Crippen LogP contribution in [0.3, 0.4) is 0 Å². The highest BCUT2D eigenvalue weighted by atomic mass is 35.5. The Morgan fingerprint density at radius 2 is 2.13 bits per heavy atom. The third-order valence-corrected chi connectivity index (χ3v) is 6.74. The molecule has 4 rings (SSSR count). The number of fused-ring (bicyclic) bond motifs is 1. The molecule has 0 radical (unpaired) electrons. The molecule has 1 aliphatic carbocycles. The third kappa shape index (κ3) is 4.19. The topological polar surface area (TPSA) is 82.5 Å². The van der Waals surface area contributed by atoms with Crippen LogP contribution in [-0.2, 0) is 34.6 Å². The second kappa shape index (κ2) is 8.97. The second-order valence-corrected chi connectivity index (χ2v) is 8.82. The molecular weight excluding hydrogens is 414 g/mol. The zero-order chi connectivity index (χ0) is 22.0. The van der Waals surface area contributed by atoms with E-state index in [9.17, 15) is 14.7 Å². The van der Waals surface area contributed by atoms with E-state index in [2.05, 4.69) is 17.2 Å². The van der Waals surface area contributed by atoms with Crippen molar-refractivity contribution in [3.8, 4) is 0 Å². The number of benzene rings is 1. The van der Waals surface area contributed by atoms with E-state index in [4.69, 9.17) is 11.6 Å². The van der Waals surface area contributed by atoms with Crippen molar-refractivity contribution in [2.24, 2.45) is 0 Å². The number of carbonyl (C=O) groups excluding carboxylic acids is 2. The number of aliphatic hydroxyl groups is 1. The third-order valence-electron chi connectivity index (χ3n) is 6.51. The summed E-state index contributed by atoms with van der Waals surface area (Å²) in [5, 5.41) is 15.0. The van der Waals surface area contributed by atoms with Crippen LogP contribution in [0, 0.1) is 0 Å². The molecule has 2 heterocycles. The van der Waals surface area contributed by atoms with Crippen LogP contribution in [0.15, 0.2) is 36.7 Å². The standard InChI is InChI=1S/C24H28ClN3O3/c1-2-16-7-8-19(25)13-18(16)15-27-22(29)21-6-4-12-28(21)23(30)24(31)10-3-5-17-14-26-11-9-20(17)24/h7-9,11,13-14,21,31H,2-6,10,12,15H2,1H3,(H,27,29)/t21-,24?/m0/s1. The molecule has 1 unspecified atom stereocenters. The Labute approximate surface area is 187 Å². The van der Waals surface area contributed by atoms with E-state index in [0.717, 1.165) is 36.0 Å². The number of nitrogens with one attached hydrogen (secondary N) is 1. The number of amides is 2. The van der Waals surface area contributed by atoms with Gasteiger partial charge in [0.1, 0.15) is 6.04 Å². The molecule has 0 bridgehead atoms. The Morgan fingerprint density at radius 1 is 1.29 bits per heavy atom. The van der Waals surface area contributed by atoms with Gasteiger partial charge in [-0.25, -0.2) is 0 Å². The Hall–Kier alpha value is -2.44. The fraction of sp³-hybridized carbons (Fsp3) is 0.458. The summed E-state index contributed by atoms with van der Waals surface area (Å²) in [5.74, 6) is -0.573. The molecule has 1 aromatic carbocycles. The molecule has 31 heavy (non-hydrogen) atoms. The molecule has 2 aliphatic rings. The minimum Gasteiger partial charge on any atom is -0.375 e. The molecular formula is C24H28ClN3O3. The van der Waals surface area contributed by atoms with Crippen molar-refractivity contribution in [3.63, 3.8) is 0 Å². The van der Waals surface area contributed by atoms with Gasteiger partial charge in [0.05, 0.1) is 0 Å². The second-order valence-electron chi connectivity index (χ2n) is 8.39. The minimum atomic E-state index is -1.60. The lowest BCUT2D eigenvalue weighted by atomic mass is 9.79. The molecule has 2 amide bonds. The molecule has 1 aliphatic heterocycles. The first-order valence-corrected chi connectivity index (χ1v) is 11.3. The molecule has 7 heteroatoms. The molecule has 0 saturated carbocycles. The molecule has 6 nitrogen and oxygen atoms in total. The highest BCUT2D eigenvalue weighted by Gasteiger charge is 2.47. The summed E-state index contributed by atoms with van der Waals surface area (Å²) in [6.07, 6.45) is 7.35. The van der Waals surface area contributed by atoms with Crippen LogP contribution in [0.4, 0.5) is 0 Å². The number of carbonyl (C=O) groups is 2. The van der Waals surface area contributed by atoms with Gasteiger partial charge in [0.25, 0.3) is 5.91 Å². The fourth-order valence-corrected chi connectivity index (χ4v) is 5.04. The molecule has 2 atom stereocenters. The number of halogens is 1. The maximum atomic E-state index is 13.5. The van der Waals surface area contributed by atoms with Crippen molar-refractivity contribution in [3.05, 3.63) is 63.9 Å². The summed E-state index contributed by atoms with van der Waals surface area (Å²) in [7, 11) is 0. The van der Waals surface area contributed by atoms with Gasteiger partial charge in [-0.15, -0.1) is 0 Å². The smallest absolute Gasteiger partial charge is 0.259 e. The summed E-state index contributed by atoms with van der Waals surface area (Å²) in [5.41, 5.74) is 2.04. The summed E-state index contributed by atoms with van der Waals surface area (Å²) in [6, 6.07) is 6.84. The largest absolute Gasteiger partial charge is 0.375 e.